The number of hydrogen-bond donors (Lipinski definition) is 1. The first-order valence-electron chi connectivity index (χ1n) is 9.27. The van der Waals surface area contributed by atoms with E-state index >= 15 is 4.39 Å². The Balaban J connectivity index is 1.81. The average molecular weight is 406 g/mol. The molecule has 7 heteroatoms. The van der Waals surface area contributed by atoms with Crippen molar-refractivity contribution in [1.29, 1.82) is 5.26 Å². The molecule has 29 heavy (non-hydrogen) atoms. The van der Waals surface area contributed by atoms with Crippen LogP contribution in [0.4, 0.5) is 10.2 Å². The number of nitrogens with zero attached hydrogens (tertiary/aromatic N) is 3. The average Bonchev–Trinajstić information content (AvgIpc) is 2.70. The molecule has 1 aliphatic rings. The lowest BCUT2D eigenvalue weighted by Gasteiger charge is -2.28. The van der Waals surface area contributed by atoms with Gasteiger partial charge in [-0.05, 0) is 49.3 Å². The second-order valence-electron chi connectivity index (χ2n) is 6.88. The molecule has 0 bridgehead atoms. The molecule has 5 nitrogen and oxygen atoms in total. The fraction of sp³-hybridized carbons (Fsp3) is 0.227. The normalized spacial score (nSPS) is 13.6. The van der Waals surface area contributed by atoms with E-state index in [0.29, 0.717) is 22.6 Å². The third kappa shape index (κ3) is 3.76. The molecule has 0 spiro atoms. The van der Waals surface area contributed by atoms with Crippen LogP contribution in [-0.4, -0.2) is 16.2 Å². The van der Waals surface area contributed by atoms with Crippen LogP contribution < -0.4 is 10.5 Å². The molecule has 0 atom stereocenters. The summed E-state index contributed by atoms with van der Waals surface area (Å²) in [5.74, 6) is 0.827. The molecule has 0 unspecified atom stereocenters. The summed E-state index contributed by atoms with van der Waals surface area (Å²) in [5.41, 5.74) is 7.71. The molecule has 146 valence electrons. The summed E-state index contributed by atoms with van der Waals surface area (Å²) in [4.78, 5) is 8.99. The van der Waals surface area contributed by atoms with Gasteiger partial charge in [0.15, 0.2) is 11.6 Å². The van der Waals surface area contributed by atoms with Gasteiger partial charge in [0.1, 0.15) is 11.6 Å². The molecule has 2 aromatic carbocycles. The summed E-state index contributed by atoms with van der Waals surface area (Å²) in [6.45, 7) is 0. The highest BCUT2D eigenvalue weighted by molar-refractivity contribution is 7.98. The highest BCUT2D eigenvalue weighted by Crippen LogP contribution is 2.46. The Morgan fingerprint density at radius 2 is 2.03 bits per heavy atom. The number of nitrogen functional groups attached to an aromatic ring is 1. The van der Waals surface area contributed by atoms with Crippen LogP contribution >= 0.6 is 11.8 Å². The number of benzene rings is 2. The number of nitrogens with two attached hydrogens (primary N) is 1. The molecule has 1 saturated carbocycles. The number of rotatable bonds is 5. The van der Waals surface area contributed by atoms with E-state index < -0.39 is 5.82 Å². The van der Waals surface area contributed by atoms with Crippen molar-refractivity contribution < 1.29 is 9.13 Å². The lowest BCUT2D eigenvalue weighted by atomic mass is 9.79. The fourth-order valence-corrected chi connectivity index (χ4v) is 3.88. The van der Waals surface area contributed by atoms with Gasteiger partial charge in [-0.2, -0.15) is 5.26 Å². The van der Waals surface area contributed by atoms with E-state index in [1.807, 2.05) is 12.3 Å². The maximum absolute atomic E-state index is 15.6. The zero-order chi connectivity index (χ0) is 20.4. The first kappa shape index (κ1) is 19.2. The summed E-state index contributed by atoms with van der Waals surface area (Å²) in [6, 6.07) is 10.9. The second kappa shape index (κ2) is 8.10. The summed E-state index contributed by atoms with van der Waals surface area (Å²) >= 11 is 1.45. The van der Waals surface area contributed by atoms with Gasteiger partial charge in [-0.15, -0.1) is 11.8 Å². The van der Waals surface area contributed by atoms with Crippen molar-refractivity contribution in [2.45, 2.75) is 30.1 Å². The predicted octanol–water partition coefficient (Wildman–Crippen LogP) is 5.52. The number of hydrogen-bond acceptors (Lipinski definition) is 6. The highest BCUT2D eigenvalue weighted by Gasteiger charge is 2.27. The summed E-state index contributed by atoms with van der Waals surface area (Å²) in [5, 5.41) is 9.14. The van der Waals surface area contributed by atoms with Gasteiger partial charge >= 0.3 is 0 Å². The molecule has 2 N–H and O–H groups in total. The van der Waals surface area contributed by atoms with Gasteiger partial charge in [-0.25, -0.2) is 9.37 Å². The Morgan fingerprint density at radius 1 is 1.21 bits per heavy atom. The van der Waals surface area contributed by atoms with Crippen LogP contribution in [0.25, 0.3) is 11.3 Å². The summed E-state index contributed by atoms with van der Waals surface area (Å²) < 4.78 is 21.8. The van der Waals surface area contributed by atoms with Crippen LogP contribution in [0.1, 0.15) is 36.3 Å². The van der Waals surface area contributed by atoms with Crippen molar-refractivity contribution in [3.8, 4) is 28.8 Å². The molecule has 1 heterocycles. The first-order valence-corrected chi connectivity index (χ1v) is 10.5. The number of thioether (sulfide) groups is 1. The molecule has 0 saturated heterocycles. The van der Waals surface area contributed by atoms with Gasteiger partial charge in [0, 0.05) is 11.1 Å². The van der Waals surface area contributed by atoms with Crippen molar-refractivity contribution in [3.63, 3.8) is 0 Å². The van der Waals surface area contributed by atoms with Crippen molar-refractivity contribution in [3.05, 3.63) is 59.7 Å². The predicted molar refractivity (Wildman–Crippen MR) is 111 cm³/mol. The molecule has 3 aromatic rings. The molecule has 0 radical (unpaired) electrons. The minimum atomic E-state index is -0.468. The molecule has 1 aliphatic carbocycles. The molecular weight excluding hydrogens is 387 g/mol. The molecular formula is C22H19FN4OS. The monoisotopic (exact) mass is 406 g/mol. The Bertz CT molecular complexity index is 1090. The zero-order valence-electron chi connectivity index (χ0n) is 15.9. The van der Waals surface area contributed by atoms with Crippen molar-refractivity contribution in [2.24, 2.45) is 0 Å². The number of halogens is 1. The second-order valence-corrected chi connectivity index (χ2v) is 7.73. The van der Waals surface area contributed by atoms with Crippen LogP contribution in [0, 0.1) is 17.1 Å². The molecule has 0 aliphatic heterocycles. The Kier molecular flexibility index (Phi) is 5.36. The van der Waals surface area contributed by atoms with Crippen LogP contribution in [0.3, 0.4) is 0 Å². The van der Waals surface area contributed by atoms with Gasteiger partial charge in [0.2, 0.25) is 0 Å². The van der Waals surface area contributed by atoms with Crippen LogP contribution in [-0.2, 0) is 0 Å². The molecule has 1 aromatic heterocycles. The van der Waals surface area contributed by atoms with E-state index in [1.54, 1.807) is 24.3 Å². The van der Waals surface area contributed by atoms with Crippen molar-refractivity contribution in [2.75, 3.05) is 12.0 Å². The van der Waals surface area contributed by atoms with E-state index in [0.717, 1.165) is 29.7 Å². The van der Waals surface area contributed by atoms with E-state index in [1.165, 1.54) is 24.2 Å². The number of aromatic nitrogens is 2. The van der Waals surface area contributed by atoms with Gasteiger partial charge in [0.25, 0.3) is 0 Å². The number of nitriles is 1. The SMILES string of the molecule is CSc1cc(C#N)ccc1Oc1c(C2CCC2)ccc(-c2cnc(N)cn2)c1F. The maximum Gasteiger partial charge on any atom is 0.175 e. The van der Waals surface area contributed by atoms with E-state index in [-0.39, 0.29) is 17.5 Å². The summed E-state index contributed by atoms with van der Waals surface area (Å²) in [6.07, 6.45) is 7.91. The smallest absolute Gasteiger partial charge is 0.175 e. The third-order valence-electron chi connectivity index (χ3n) is 5.13. The van der Waals surface area contributed by atoms with Crippen molar-refractivity contribution in [1.82, 2.24) is 9.97 Å². The quantitative estimate of drug-likeness (QED) is 0.562. The maximum atomic E-state index is 15.6. The van der Waals surface area contributed by atoms with Gasteiger partial charge in [0.05, 0.1) is 34.6 Å². The van der Waals surface area contributed by atoms with Gasteiger partial charge in [-0.1, -0.05) is 12.5 Å². The molecule has 4 rings (SSSR count). The van der Waals surface area contributed by atoms with Gasteiger partial charge in [-0.3, -0.25) is 4.98 Å². The topological polar surface area (TPSA) is 84.8 Å². The van der Waals surface area contributed by atoms with E-state index in [9.17, 15) is 0 Å². The summed E-state index contributed by atoms with van der Waals surface area (Å²) in [7, 11) is 0. The lowest BCUT2D eigenvalue weighted by Crippen LogP contribution is -2.11. The van der Waals surface area contributed by atoms with Crippen LogP contribution in [0.5, 0.6) is 11.5 Å². The highest BCUT2D eigenvalue weighted by atomic mass is 32.2. The van der Waals surface area contributed by atoms with E-state index in [2.05, 4.69) is 16.0 Å². The van der Waals surface area contributed by atoms with Crippen LogP contribution in [0.15, 0.2) is 47.6 Å². The van der Waals surface area contributed by atoms with Crippen LogP contribution in [0.2, 0.25) is 0 Å². The third-order valence-corrected chi connectivity index (χ3v) is 5.88. The number of ether oxygens (including phenoxy) is 1. The number of anilines is 1. The first-order chi connectivity index (χ1) is 14.1. The Morgan fingerprint density at radius 3 is 2.66 bits per heavy atom. The lowest BCUT2D eigenvalue weighted by molar-refractivity contribution is 0.381. The Hall–Kier alpha value is -3.11. The Labute approximate surface area is 172 Å². The minimum Gasteiger partial charge on any atom is -0.453 e. The zero-order valence-corrected chi connectivity index (χ0v) is 16.7. The van der Waals surface area contributed by atoms with Gasteiger partial charge < -0.3 is 10.5 Å². The molecule has 1 fully saturated rings. The molecule has 0 amide bonds. The van der Waals surface area contributed by atoms with Crippen molar-refractivity contribution >= 4 is 17.6 Å². The largest absolute Gasteiger partial charge is 0.453 e. The minimum absolute atomic E-state index is 0.214. The van der Waals surface area contributed by atoms with E-state index in [4.69, 9.17) is 15.7 Å². The fourth-order valence-electron chi connectivity index (χ4n) is 3.32. The standard InChI is InChI=1S/C22H19FN4OS/c1-29-19-9-13(10-24)5-8-18(19)28-22-15(14-3-2-4-14)6-7-16(21(22)23)17-11-27-20(25)12-26-17/h5-9,11-12,14H,2-4H2,1H3,(H2,25,27).